The Hall–Kier alpha value is -1.75. The summed E-state index contributed by atoms with van der Waals surface area (Å²) in [5, 5.41) is 28.7. The summed E-state index contributed by atoms with van der Waals surface area (Å²) in [6.45, 7) is 33.3. The van der Waals surface area contributed by atoms with E-state index in [1.54, 1.807) is 0 Å². The quantitative estimate of drug-likeness (QED) is 0.159. The molecule has 0 fully saturated rings. The minimum absolute atomic E-state index is 0. The molecule has 3 N–H and O–H groups in total. The van der Waals surface area contributed by atoms with Gasteiger partial charge < -0.3 is 15.3 Å². The zero-order valence-corrected chi connectivity index (χ0v) is 30.4. The number of carbonyl (C=O) groups is 3. The first kappa shape index (κ1) is 45.2. The van der Waals surface area contributed by atoms with Gasteiger partial charge in [0.05, 0.1) is 0 Å². The molecule has 7 heteroatoms. The van der Waals surface area contributed by atoms with Crippen molar-refractivity contribution in [3.63, 3.8) is 0 Å². The molecule has 0 aromatic heterocycles. The third-order valence-corrected chi connectivity index (χ3v) is 5.33. The fraction of sp³-hybridized carbons (Fsp3) is 0.727. The maximum Gasteiger partial charge on any atom is 0.164 e. The Morgan fingerprint density at radius 1 is 0.350 bits per heavy atom. The van der Waals surface area contributed by atoms with E-state index in [0.29, 0.717) is 0 Å². The summed E-state index contributed by atoms with van der Waals surface area (Å²) >= 11 is 0. The first-order valence-corrected chi connectivity index (χ1v) is 13.5. The average molecular weight is 654 g/mol. The van der Waals surface area contributed by atoms with Crippen molar-refractivity contribution in [1.82, 2.24) is 0 Å². The topological polar surface area (TPSA) is 112 Å². The van der Waals surface area contributed by atoms with Crippen molar-refractivity contribution >= 4 is 17.3 Å². The Bertz CT molecular complexity index is 801. The third kappa shape index (κ3) is 21.1. The number of allylic oxidation sites excluding steroid dienone is 6. The molecule has 0 aliphatic rings. The Labute approximate surface area is 258 Å². The molecule has 236 valence electrons. The summed E-state index contributed by atoms with van der Waals surface area (Å²) in [5.41, 5.74) is -2.29. The van der Waals surface area contributed by atoms with Crippen LogP contribution >= 0.6 is 0 Å². The minimum Gasteiger partial charge on any atom is -0.512 e. The van der Waals surface area contributed by atoms with Gasteiger partial charge in [0.15, 0.2) is 17.3 Å². The summed E-state index contributed by atoms with van der Waals surface area (Å²) in [4.78, 5) is 34.5. The monoisotopic (exact) mass is 654 g/mol. The third-order valence-electron chi connectivity index (χ3n) is 5.33. The van der Waals surface area contributed by atoms with Crippen LogP contribution in [0.2, 0.25) is 0 Å². The van der Waals surface area contributed by atoms with Crippen molar-refractivity contribution in [2.45, 2.75) is 125 Å². The van der Waals surface area contributed by atoms with Crippen LogP contribution in [0.15, 0.2) is 35.5 Å². The number of rotatable bonds is 3. The first-order valence-electron chi connectivity index (χ1n) is 13.5. The van der Waals surface area contributed by atoms with E-state index in [0.717, 1.165) is 0 Å². The predicted octanol–water partition coefficient (Wildman–Crippen LogP) is 9.27. The molecule has 0 aliphatic carbocycles. The van der Waals surface area contributed by atoms with Gasteiger partial charge in [0.1, 0.15) is 17.3 Å². The van der Waals surface area contributed by atoms with Crippen LogP contribution in [0.5, 0.6) is 0 Å². The van der Waals surface area contributed by atoms with Crippen LogP contribution in [-0.4, -0.2) is 32.7 Å². The van der Waals surface area contributed by atoms with Crippen molar-refractivity contribution in [1.29, 1.82) is 0 Å². The summed E-state index contributed by atoms with van der Waals surface area (Å²) < 4.78 is 0. The molecule has 40 heavy (non-hydrogen) atoms. The average Bonchev–Trinajstić information content (AvgIpc) is 2.64. The van der Waals surface area contributed by atoms with Crippen molar-refractivity contribution in [2.75, 3.05) is 0 Å². The molecule has 6 nitrogen and oxygen atoms in total. The van der Waals surface area contributed by atoms with Crippen LogP contribution in [-0.2, 0) is 33.9 Å². The maximum absolute atomic E-state index is 11.5. The van der Waals surface area contributed by atoms with Crippen LogP contribution in [0, 0.1) is 32.5 Å². The zero-order valence-electron chi connectivity index (χ0n) is 28.7. The smallest absolute Gasteiger partial charge is 0.164 e. The normalized spacial score (nSPS) is 14.1. The van der Waals surface area contributed by atoms with Gasteiger partial charge in [-0.2, -0.15) is 0 Å². The number of aliphatic hydroxyl groups excluding tert-OH is 3. The molecule has 0 bridgehead atoms. The van der Waals surface area contributed by atoms with E-state index in [1.807, 2.05) is 125 Å². The second kappa shape index (κ2) is 16.0. The van der Waals surface area contributed by atoms with E-state index in [-0.39, 0.29) is 70.4 Å². The second-order valence-electron chi connectivity index (χ2n) is 16.2. The van der Waals surface area contributed by atoms with E-state index in [4.69, 9.17) is 0 Å². The van der Waals surface area contributed by atoms with Gasteiger partial charge in [-0.3, -0.25) is 14.4 Å². The molecule has 0 aromatic carbocycles. The van der Waals surface area contributed by atoms with Crippen LogP contribution in [0.25, 0.3) is 0 Å². The van der Waals surface area contributed by atoms with Gasteiger partial charge in [-0.05, 0) is 0 Å². The van der Waals surface area contributed by atoms with Crippen molar-refractivity contribution in [3.8, 4) is 0 Å². The van der Waals surface area contributed by atoms with Gasteiger partial charge in [0.2, 0.25) is 0 Å². The Morgan fingerprint density at radius 2 is 0.475 bits per heavy atom. The second-order valence-corrected chi connectivity index (χ2v) is 16.2. The molecule has 0 saturated heterocycles. The van der Waals surface area contributed by atoms with Crippen LogP contribution < -0.4 is 0 Å². The van der Waals surface area contributed by atoms with Crippen LogP contribution in [0.4, 0.5) is 0 Å². The van der Waals surface area contributed by atoms with E-state index in [1.165, 1.54) is 18.2 Å². The summed E-state index contributed by atoms with van der Waals surface area (Å²) in [5.74, 6) is 0.312. The van der Waals surface area contributed by atoms with Crippen LogP contribution in [0.1, 0.15) is 125 Å². The molecule has 0 aromatic rings. The Balaban J connectivity index is -0.000000240. The van der Waals surface area contributed by atoms with Crippen molar-refractivity contribution in [3.05, 3.63) is 35.5 Å². The molecule has 0 aliphatic heterocycles. The molecule has 0 saturated carbocycles. The number of aliphatic hydroxyl groups is 3. The van der Waals surface area contributed by atoms with E-state index >= 15 is 0 Å². The van der Waals surface area contributed by atoms with Gasteiger partial charge in [-0.1, -0.05) is 125 Å². The first-order chi connectivity index (χ1) is 16.6. The molecular formula is C33H60O6Ru. The predicted molar refractivity (Wildman–Crippen MR) is 164 cm³/mol. The van der Waals surface area contributed by atoms with Gasteiger partial charge in [0, 0.05) is 70.2 Å². The maximum atomic E-state index is 11.5. The molecule has 0 heterocycles. The van der Waals surface area contributed by atoms with Gasteiger partial charge in [-0.25, -0.2) is 0 Å². The molecule has 0 radical (unpaired) electrons. The Morgan fingerprint density at radius 3 is 0.550 bits per heavy atom. The number of hydrogen-bond acceptors (Lipinski definition) is 6. The SMILES string of the molecule is CC(C)(C)C(=O)/C=C(\O)C(C)(C)C.CC(C)(C)C(=O)/C=C(\O)C(C)(C)C.CC(C)(C)C(=O)/C=C(\O)C(C)(C)C.[Ru]. The van der Waals surface area contributed by atoms with Crippen LogP contribution in [0.3, 0.4) is 0 Å². The zero-order chi connectivity index (χ0) is 32.6. The summed E-state index contributed by atoms with van der Waals surface area (Å²) in [6, 6.07) is 0. The summed E-state index contributed by atoms with van der Waals surface area (Å²) in [7, 11) is 0. The molecule has 0 amide bonds. The van der Waals surface area contributed by atoms with Gasteiger partial charge in [-0.15, -0.1) is 0 Å². The standard InChI is InChI=1S/3C11H20O2.Ru/c3*1-10(2,3)8(12)7-9(13)11(4,5)6;/h3*7,12H,1-6H3;/b3*8-7-;. The molecule has 0 spiro atoms. The number of carbonyl (C=O) groups excluding carboxylic acids is 3. The van der Waals surface area contributed by atoms with Gasteiger partial charge >= 0.3 is 0 Å². The van der Waals surface area contributed by atoms with Crippen molar-refractivity contribution in [2.24, 2.45) is 32.5 Å². The van der Waals surface area contributed by atoms with E-state index in [9.17, 15) is 29.7 Å². The van der Waals surface area contributed by atoms with Crippen molar-refractivity contribution < 1.29 is 49.2 Å². The molecule has 0 unspecified atom stereocenters. The molecular weight excluding hydrogens is 593 g/mol. The van der Waals surface area contributed by atoms with E-state index < -0.39 is 16.2 Å². The number of hydrogen-bond donors (Lipinski definition) is 3. The van der Waals surface area contributed by atoms with Gasteiger partial charge in [0.25, 0.3) is 0 Å². The van der Waals surface area contributed by atoms with E-state index in [2.05, 4.69) is 0 Å². The molecule has 0 atom stereocenters. The minimum atomic E-state index is -0.417. The fourth-order valence-corrected chi connectivity index (χ4v) is 1.67. The largest absolute Gasteiger partial charge is 0.512 e. The number of ketones is 3. The summed E-state index contributed by atoms with van der Waals surface area (Å²) in [6.07, 6.45) is 4.00. The molecule has 0 rings (SSSR count). The fourth-order valence-electron chi connectivity index (χ4n) is 1.67. The Kier molecular flexibility index (Phi) is 18.1.